The van der Waals surface area contributed by atoms with E-state index in [1.165, 1.54) is 0 Å². The Morgan fingerprint density at radius 3 is 2.14 bits per heavy atom. The van der Waals surface area contributed by atoms with Crippen molar-refractivity contribution in [2.24, 2.45) is 0 Å². The number of ether oxygens (including phenoxy) is 1. The monoisotopic (exact) mass is 389 g/mol. The second-order valence-corrected chi connectivity index (χ2v) is 6.28. The fraction of sp³-hybridized carbons (Fsp3) is 0.174. The van der Waals surface area contributed by atoms with Crippen LogP contribution in [0.3, 0.4) is 0 Å². The zero-order chi connectivity index (χ0) is 20.6. The summed E-state index contributed by atoms with van der Waals surface area (Å²) in [6, 6.07) is 19.5. The first-order valence-corrected chi connectivity index (χ1v) is 9.51. The molecular formula is C23H23N3O3. The van der Waals surface area contributed by atoms with E-state index in [9.17, 15) is 9.59 Å². The van der Waals surface area contributed by atoms with Crippen molar-refractivity contribution in [1.29, 1.82) is 0 Å². The Morgan fingerprint density at radius 1 is 0.828 bits per heavy atom. The molecule has 2 amide bonds. The molecule has 6 heteroatoms. The lowest BCUT2D eigenvalue weighted by atomic mass is 10.1. The normalized spacial score (nSPS) is 10.3. The number of anilines is 2. The number of nitrogens with one attached hydrogen (secondary N) is 2. The third-order valence-electron chi connectivity index (χ3n) is 4.28. The predicted molar refractivity (Wildman–Crippen MR) is 114 cm³/mol. The number of hydrogen-bond donors (Lipinski definition) is 2. The minimum Gasteiger partial charge on any atom is -0.494 e. The molecule has 6 nitrogen and oxygen atoms in total. The molecule has 29 heavy (non-hydrogen) atoms. The lowest BCUT2D eigenvalue weighted by molar-refractivity contribution is 0.101. The van der Waals surface area contributed by atoms with Gasteiger partial charge in [0.15, 0.2) is 0 Å². The highest BCUT2D eigenvalue weighted by molar-refractivity contribution is 6.06. The van der Waals surface area contributed by atoms with E-state index in [0.29, 0.717) is 12.3 Å². The summed E-state index contributed by atoms with van der Waals surface area (Å²) in [4.78, 5) is 29.3. The van der Waals surface area contributed by atoms with E-state index in [4.69, 9.17) is 4.74 Å². The fourth-order valence-electron chi connectivity index (χ4n) is 2.82. The van der Waals surface area contributed by atoms with E-state index in [-0.39, 0.29) is 17.3 Å². The van der Waals surface area contributed by atoms with Crippen LogP contribution in [0.2, 0.25) is 0 Å². The molecule has 0 bridgehead atoms. The van der Waals surface area contributed by atoms with Crippen LogP contribution in [0.5, 0.6) is 5.75 Å². The Kier molecular flexibility index (Phi) is 6.58. The Bertz CT molecular complexity index is 1000. The third-order valence-corrected chi connectivity index (χ3v) is 4.28. The summed E-state index contributed by atoms with van der Waals surface area (Å²) in [6.45, 7) is 4.51. The topological polar surface area (TPSA) is 80.3 Å². The molecule has 0 aliphatic carbocycles. The van der Waals surface area contributed by atoms with Gasteiger partial charge in [0.2, 0.25) is 0 Å². The summed E-state index contributed by atoms with van der Waals surface area (Å²) >= 11 is 0. The quantitative estimate of drug-likeness (QED) is 0.621. The number of aryl methyl sites for hydroxylation is 1. The largest absolute Gasteiger partial charge is 0.494 e. The average molecular weight is 389 g/mol. The van der Waals surface area contributed by atoms with E-state index in [1.807, 2.05) is 38.1 Å². The molecule has 0 aliphatic heterocycles. The zero-order valence-corrected chi connectivity index (χ0v) is 16.4. The molecule has 0 saturated heterocycles. The summed E-state index contributed by atoms with van der Waals surface area (Å²) in [6.07, 6.45) is 0.800. The van der Waals surface area contributed by atoms with Gasteiger partial charge in [-0.2, -0.15) is 0 Å². The minimum atomic E-state index is -0.391. The van der Waals surface area contributed by atoms with Crippen molar-refractivity contribution in [1.82, 2.24) is 4.98 Å². The molecule has 1 heterocycles. The highest BCUT2D eigenvalue weighted by Gasteiger charge is 2.14. The van der Waals surface area contributed by atoms with Crippen LogP contribution < -0.4 is 15.4 Å². The van der Waals surface area contributed by atoms with Crippen LogP contribution in [0, 0.1) is 0 Å². The molecule has 148 valence electrons. The lowest BCUT2D eigenvalue weighted by Crippen LogP contribution is -2.19. The highest BCUT2D eigenvalue weighted by atomic mass is 16.5. The van der Waals surface area contributed by atoms with Crippen molar-refractivity contribution in [2.75, 3.05) is 17.2 Å². The number of benzene rings is 2. The van der Waals surface area contributed by atoms with E-state index in [2.05, 4.69) is 15.6 Å². The van der Waals surface area contributed by atoms with E-state index < -0.39 is 5.91 Å². The Balaban J connectivity index is 1.71. The van der Waals surface area contributed by atoms with Gasteiger partial charge >= 0.3 is 0 Å². The Labute approximate surface area is 169 Å². The fourth-order valence-corrected chi connectivity index (χ4v) is 2.82. The molecule has 0 saturated carbocycles. The van der Waals surface area contributed by atoms with Crippen LogP contribution in [0.1, 0.15) is 40.4 Å². The number of carbonyl (C=O) groups excluding carboxylic acids is 2. The van der Waals surface area contributed by atoms with Gasteiger partial charge in [0.25, 0.3) is 11.8 Å². The zero-order valence-electron chi connectivity index (χ0n) is 16.4. The van der Waals surface area contributed by atoms with Crippen molar-refractivity contribution in [3.63, 3.8) is 0 Å². The smallest absolute Gasteiger partial charge is 0.274 e. The number of nitrogens with zero attached hydrogens (tertiary/aromatic N) is 1. The van der Waals surface area contributed by atoms with Crippen molar-refractivity contribution >= 4 is 23.2 Å². The van der Waals surface area contributed by atoms with E-state index in [1.54, 1.807) is 42.5 Å². The molecular weight excluding hydrogens is 366 g/mol. The third kappa shape index (κ3) is 5.19. The number of amides is 2. The maximum Gasteiger partial charge on any atom is 0.274 e. The minimum absolute atomic E-state index is 0.162. The number of para-hydroxylation sites is 1. The highest BCUT2D eigenvalue weighted by Crippen LogP contribution is 2.18. The number of rotatable bonds is 7. The van der Waals surface area contributed by atoms with Crippen molar-refractivity contribution in [3.05, 3.63) is 83.7 Å². The summed E-state index contributed by atoms with van der Waals surface area (Å²) in [5.74, 6) is -0.0194. The molecule has 0 spiro atoms. The standard InChI is InChI=1S/C23H23N3O3/c1-3-16-8-5-6-9-19(16)26-23(28)21-11-7-10-20(25-21)22(27)24-17-12-14-18(15-13-17)29-4-2/h5-15H,3-4H2,1-2H3,(H,24,27)(H,26,28). The van der Waals surface area contributed by atoms with Gasteiger partial charge in [0, 0.05) is 11.4 Å². The predicted octanol–water partition coefficient (Wildman–Crippen LogP) is 4.55. The molecule has 1 aromatic heterocycles. The first-order chi connectivity index (χ1) is 14.1. The summed E-state index contributed by atoms with van der Waals surface area (Å²) in [5.41, 5.74) is 2.73. The van der Waals surface area contributed by atoms with Crippen LogP contribution in [0.4, 0.5) is 11.4 Å². The Hall–Kier alpha value is -3.67. The second-order valence-electron chi connectivity index (χ2n) is 6.28. The van der Waals surface area contributed by atoms with Crippen LogP contribution >= 0.6 is 0 Å². The van der Waals surface area contributed by atoms with Gasteiger partial charge in [0.1, 0.15) is 17.1 Å². The van der Waals surface area contributed by atoms with Gasteiger partial charge < -0.3 is 15.4 Å². The average Bonchev–Trinajstić information content (AvgIpc) is 2.75. The van der Waals surface area contributed by atoms with Crippen LogP contribution in [0.25, 0.3) is 0 Å². The van der Waals surface area contributed by atoms with Crippen LogP contribution in [-0.4, -0.2) is 23.4 Å². The second kappa shape index (κ2) is 9.50. The number of aromatic nitrogens is 1. The first-order valence-electron chi connectivity index (χ1n) is 9.51. The summed E-state index contributed by atoms with van der Waals surface area (Å²) in [5, 5.41) is 5.64. The van der Waals surface area contributed by atoms with Gasteiger partial charge in [-0.25, -0.2) is 4.98 Å². The lowest BCUT2D eigenvalue weighted by Gasteiger charge is -2.10. The van der Waals surface area contributed by atoms with Crippen LogP contribution in [0.15, 0.2) is 66.7 Å². The molecule has 0 fully saturated rings. The number of pyridine rings is 1. The SMILES string of the molecule is CCOc1ccc(NC(=O)c2cccc(C(=O)Nc3ccccc3CC)n2)cc1. The van der Waals surface area contributed by atoms with Gasteiger partial charge in [0.05, 0.1) is 6.61 Å². The number of carbonyl (C=O) groups is 2. The molecule has 2 N–H and O–H groups in total. The molecule has 3 rings (SSSR count). The van der Waals surface area contributed by atoms with Gasteiger partial charge in [-0.1, -0.05) is 31.2 Å². The van der Waals surface area contributed by atoms with Crippen LogP contribution in [-0.2, 0) is 6.42 Å². The summed E-state index contributed by atoms with van der Waals surface area (Å²) in [7, 11) is 0. The van der Waals surface area contributed by atoms with Crippen molar-refractivity contribution in [3.8, 4) is 5.75 Å². The van der Waals surface area contributed by atoms with Crippen molar-refractivity contribution in [2.45, 2.75) is 20.3 Å². The molecule has 0 unspecified atom stereocenters. The molecule has 2 aromatic carbocycles. The molecule has 0 aliphatic rings. The maximum atomic E-state index is 12.6. The van der Waals surface area contributed by atoms with Gasteiger partial charge in [-0.3, -0.25) is 9.59 Å². The van der Waals surface area contributed by atoms with Gasteiger partial charge in [-0.05, 0) is 61.4 Å². The number of hydrogen-bond acceptors (Lipinski definition) is 4. The molecule has 3 aromatic rings. The summed E-state index contributed by atoms with van der Waals surface area (Å²) < 4.78 is 5.39. The molecule has 0 radical (unpaired) electrons. The van der Waals surface area contributed by atoms with E-state index in [0.717, 1.165) is 23.4 Å². The molecule has 0 atom stereocenters. The van der Waals surface area contributed by atoms with Crippen molar-refractivity contribution < 1.29 is 14.3 Å². The Morgan fingerprint density at radius 2 is 1.48 bits per heavy atom. The first kappa shape index (κ1) is 20.1. The van der Waals surface area contributed by atoms with Gasteiger partial charge in [-0.15, -0.1) is 0 Å². The maximum absolute atomic E-state index is 12.6. The van der Waals surface area contributed by atoms with E-state index >= 15 is 0 Å².